The summed E-state index contributed by atoms with van der Waals surface area (Å²) in [6, 6.07) is 13.1. The van der Waals surface area contributed by atoms with Crippen molar-refractivity contribution in [3.63, 3.8) is 0 Å². The van der Waals surface area contributed by atoms with E-state index in [4.69, 9.17) is 4.74 Å². The van der Waals surface area contributed by atoms with Crippen LogP contribution >= 0.6 is 0 Å². The fourth-order valence-electron chi connectivity index (χ4n) is 3.89. The van der Waals surface area contributed by atoms with Crippen molar-refractivity contribution in [2.75, 3.05) is 22.1 Å². The van der Waals surface area contributed by atoms with Crippen molar-refractivity contribution < 1.29 is 19.1 Å². The fourth-order valence-corrected chi connectivity index (χ4v) is 3.89. The van der Waals surface area contributed by atoms with E-state index in [2.05, 4.69) is 29.7 Å². The molecule has 2 aromatic rings. The third-order valence-corrected chi connectivity index (χ3v) is 5.74. The number of carbonyl (C=O) groups is 3. The third kappa shape index (κ3) is 4.55. The quantitative estimate of drug-likeness (QED) is 0.744. The first kappa shape index (κ1) is 20.9. The van der Waals surface area contributed by atoms with Crippen molar-refractivity contribution in [3.8, 4) is 5.75 Å². The van der Waals surface area contributed by atoms with Crippen LogP contribution in [0.25, 0.3) is 0 Å². The molecule has 0 spiro atoms. The number of aryl methyl sites for hydroxylation is 1. The van der Waals surface area contributed by atoms with E-state index in [-0.39, 0.29) is 24.1 Å². The van der Waals surface area contributed by atoms with Gasteiger partial charge >= 0.3 is 0 Å². The van der Waals surface area contributed by atoms with Crippen molar-refractivity contribution in [1.29, 1.82) is 0 Å². The molecule has 31 heavy (non-hydrogen) atoms. The number of unbranched alkanes of at least 4 members (excludes halogenated alkanes) is 1. The van der Waals surface area contributed by atoms with Crippen LogP contribution in [0.3, 0.4) is 0 Å². The molecule has 3 amide bonds. The molecule has 162 valence electrons. The summed E-state index contributed by atoms with van der Waals surface area (Å²) in [6.45, 7) is 4.19. The number of nitrogens with one attached hydrogen (secondary N) is 2. The van der Waals surface area contributed by atoms with Gasteiger partial charge in [0.1, 0.15) is 5.75 Å². The van der Waals surface area contributed by atoms with Crippen LogP contribution in [-0.4, -0.2) is 30.4 Å². The standard InChI is InChI=1S/C24H27N3O4/c1-3-4-5-16-6-9-19(10-7-16)27-14-17(12-22(27)28)24(30)25-18-8-11-21-20(13-18)26-23(29)15(2)31-21/h6-11,13,15,17H,3-5,12,14H2,1-2H3,(H,25,30)(H,26,29). The molecule has 2 atom stereocenters. The SMILES string of the molecule is CCCCc1ccc(N2CC(C(=O)Nc3ccc4c(c3)NC(=O)C(C)O4)CC2=O)cc1. The van der Waals surface area contributed by atoms with Crippen molar-refractivity contribution in [2.24, 2.45) is 5.92 Å². The molecule has 4 rings (SSSR count). The number of rotatable bonds is 6. The molecule has 2 aliphatic heterocycles. The summed E-state index contributed by atoms with van der Waals surface area (Å²) in [5.74, 6) is -0.370. The Kier molecular flexibility index (Phi) is 5.93. The molecular weight excluding hydrogens is 394 g/mol. The second-order valence-corrected chi connectivity index (χ2v) is 8.12. The van der Waals surface area contributed by atoms with Crippen molar-refractivity contribution >= 4 is 34.8 Å². The first-order valence-corrected chi connectivity index (χ1v) is 10.8. The second kappa shape index (κ2) is 8.79. The summed E-state index contributed by atoms with van der Waals surface area (Å²) < 4.78 is 5.53. The van der Waals surface area contributed by atoms with Crippen LogP contribution in [0.4, 0.5) is 17.1 Å². The molecule has 0 aromatic heterocycles. The number of fused-ring (bicyclic) bond motifs is 1. The molecule has 0 aliphatic carbocycles. The maximum absolute atomic E-state index is 12.8. The van der Waals surface area contributed by atoms with E-state index >= 15 is 0 Å². The zero-order valence-electron chi connectivity index (χ0n) is 17.8. The topological polar surface area (TPSA) is 87.7 Å². The Bertz CT molecular complexity index is 1000. The lowest BCUT2D eigenvalue weighted by Crippen LogP contribution is -2.34. The maximum atomic E-state index is 12.8. The lowest BCUT2D eigenvalue weighted by atomic mass is 10.1. The zero-order valence-corrected chi connectivity index (χ0v) is 17.8. The average molecular weight is 421 g/mol. The first-order valence-electron chi connectivity index (χ1n) is 10.8. The van der Waals surface area contributed by atoms with Gasteiger partial charge in [-0.05, 0) is 55.7 Å². The van der Waals surface area contributed by atoms with E-state index in [1.807, 2.05) is 12.1 Å². The smallest absolute Gasteiger partial charge is 0.265 e. The van der Waals surface area contributed by atoms with Gasteiger partial charge in [-0.25, -0.2) is 0 Å². The summed E-state index contributed by atoms with van der Waals surface area (Å²) in [5.41, 5.74) is 3.15. The normalized spacial score (nSPS) is 20.1. The Labute approximate surface area is 181 Å². The predicted octanol–water partition coefficient (Wildman–Crippen LogP) is 3.74. The summed E-state index contributed by atoms with van der Waals surface area (Å²) >= 11 is 0. The lowest BCUT2D eigenvalue weighted by Gasteiger charge is -2.24. The van der Waals surface area contributed by atoms with E-state index in [1.54, 1.807) is 30.0 Å². The van der Waals surface area contributed by atoms with Crippen LogP contribution in [0.15, 0.2) is 42.5 Å². The summed E-state index contributed by atoms with van der Waals surface area (Å²) in [4.78, 5) is 38.8. The molecule has 1 saturated heterocycles. The van der Waals surface area contributed by atoms with Crippen molar-refractivity contribution in [3.05, 3.63) is 48.0 Å². The number of ether oxygens (including phenoxy) is 1. The van der Waals surface area contributed by atoms with E-state index in [9.17, 15) is 14.4 Å². The monoisotopic (exact) mass is 421 g/mol. The minimum Gasteiger partial charge on any atom is -0.479 e. The number of hydrogen-bond donors (Lipinski definition) is 2. The van der Waals surface area contributed by atoms with E-state index < -0.39 is 12.0 Å². The number of carbonyl (C=O) groups excluding carboxylic acids is 3. The molecule has 2 heterocycles. The average Bonchev–Trinajstić information content (AvgIpc) is 3.15. The predicted molar refractivity (Wildman–Crippen MR) is 119 cm³/mol. The summed E-state index contributed by atoms with van der Waals surface area (Å²) in [5, 5.41) is 5.63. The van der Waals surface area contributed by atoms with Crippen LogP contribution < -0.4 is 20.3 Å². The molecule has 2 N–H and O–H groups in total. The largest absolute Gasteiger partial charge is 0.479 e. The highest BCUT2D eigenvalue weighted by Gasteiger charge is 2.35. The minimum absolute atomic E-state index is 0.0541. The van der Waals surface area contributed by atoms with Gasteiger partial charge in [0.05, 0.1) is 11.6 Å². The third-order valence-electron chi connectivity index (χ3n) is 5.74. The highest BCUT2D eigenvalue weighted by molar-refractivity contribution is 6.04. The van der Waals surface area contributed by atoms with Crippen LogP contribution in [-0.2, 0) is 20.8 Å². The highest BCUT2D eigenvalue weighted by atomic mass is 16.5. The van der Waals surface area contributed by atoms with Crippen molar-refractivity contribution in [1.82, 2.24) is 0 Å². The fraction of sp³-hybridized carbons (Fsp3) is 0.375. The Morgan fingerprint density at radius 3 is 2.71 bits per heavy atom. The molecule has 0 radical (unpaired) electrons. The summed E-state index contributed by atoms with van der Waals surface area (Å²) in [7, 11) is 0. The number of amides is 3. The number of nitrogens with zero attached hydrogens (tertiary/aromatic N) is 1. The second-order valence-electron chi connectivity index (χ2n) is 8.12. The van der Waals surface area contributed by atoms with Gasteiger partial charge in [-0.2, -0.15) is 0 Å². The molecule has 7 heteroatoms. The molecule has 0 bridgehead atoms. The van der Waals surface area contributed by atoms with E-state index in [1.165, 1.54) is 5.56 Å². The van der Waals surface area contributed by atoms with Gasteiger partial charge < -0.3 is 20.3 Å². The van der Waals surface area contributed by atoms with E-state index in [0.29, 0.717) is 23.7 Å². The van der Waals surface area contributed by atoms with Crippen LogP contribution in [0, 0.1) is 5.92 Å². The van der Waals surface area contributed by atoms with Crippen LogP contribution in [0.1, 0.15) is 38.7 Å². The molecule has 7 nitrogen and oxygen atoms in total. The molecule has 2 aromatic carbocycles. The number of anilines is 3. The first-order chi connectivity index (χ1) is 14.9. The van der Waals surface area contributed by atoms with Gasteiger partial charge in [-0.1, -0.05) is 25.5 Å². The van der Waals surface area contributed by atoms with E-state index in [0.717, 1.165) is 24.9 Å². The number of benzene rings is 2. The van der Waals surface area contributed by atoms with Gasteiger partial charge in [0, 0.05) is 24.3 Å². The van der Waals surface area contributed by atoms with Gasteiger partial charge in [0.25, 0.3) is 5.91 Å². The minimum atomic E-state index is -0.552. The Hall–Kier alpha value is -3.35. The molecule has 1 fully saturated rings. The van der Waals surface area contributed by atoms with Crippen LogP contribution in [0.2, 0.25) is 0 Å². The van der Waals surface area contributed by atoms with Gasteiger partial charge in [-0.15, -0.1) is 0 Å². The Balaban J connectivity index is 1.39. The van der Waals surface area contributed by atoms with Crippen molar-refractivity contribution in [2.45, 2.75) is 45.6 Å². The maximum Gasteiger partial charge on any atom is 0.265 e. The molecule has 2 aliphatic rings. The van der Waals surface area contributed by atoms with Crippen LogP contribution in [0.5, 0.6) is 5.75 Å². The zero-order chi connectivity index (χ0) is 22.0. The Morgan fingerprint density at radius 2 is 1.97 bits per heavy atom. The number of hydrogen-bond acceptors (Lipinski definition) is 4. The highest BCUT2D eigenvalue weighted by Crippen LogP contribution is 2.33. The molecular formula is C24H27N3O4. The van der Waals surface area contributed by atoms with Gasteiger partial charge in [0.2, 0.25) is 11.8 Å². The van der Waals surface area contributed by atoms with Gasteiger partial charge in [-0.3, -0.25) is 14.4 Å². The summed E-state index contributed by atoms with van der Waals surface area (Å²) in [6.07, 6.45) is 2.93. The lowest BCUT2D eigenvalue weighted by molar-refractivity contribution is -0.122. The molecule has 2 unspecified atom stereocenters. The Morgan fingerprint density at radius 1 is 1.19 bits per heavy atom. The molecule has 0 saturated carbocycles. The van der Waals surface area contributed by atoms with Gasteiger partial charge in [0.15, 0.2) is 6.10 Å².